The maximum absolute atomic E-state index is 12.7. The number of carbonyl (C=O) groups excluding carboxylic acids is 1. The Morgan fingerprint density at radius 2 is 2.44 bits per heavy atom. The molecule has 0 aliphatic heterocycles. The molecule has 1 aromatic rings. The van der Waals surface area contributed by atoms with E-state index in [1.807, 2.05) is 24.8 Å². The van der Waals surface area contributed by atoms with Crippen molar-refractivity contribution in [3.63, 3.8) is 0 Å². The second-order valence-corrected chi connectivity index (χ2v) is 6.35. The molecule has 1 fully saturated rings. The second kappa shape index (κ2) is 5.41. The number of carbonyl (C=O) groups is 1. The first-order chi connectivity index (χ1) is 8.58. The summed E-state index contributed by atoms with van der Waals surface area (Å²) in [7, 11) is 0. The lowest BCUT2D eigenvalue weighted by Crippen LogP contribution is -2.48. The first-order valence-corrected chi connectivity index (χ1v) is 7.53. The van der Waals surface area contributed by atoms with E-state index >= 15 is 0 Å². The molecule has 1 aliphatic rings. The lowest BCUT2D eigenvalue weighted by Gasteiger charge is -2.33. The minimum absolute atomic E-state index is 0.0161. The number of hydrogen-bond acceptors (Lipinski definition) is 3. The highest BCUT2D eigenvalue weighted by Crippen LogP contribution is 2.38. The molecule has 0 spiro atoms. The van der Waals surface area contributed by atoms with E-state index in [1.165, 1.54) is 4.88 Å². The zero-order valence-electron chi connectivity index (χ0n) is 11.2. The van der Waals surface area contributed by atoms with Gasteiger partial charge in [0.05, 0.1) is 12.0 Å². The summed E-state index contributed by atoms with van der Waals surface area (Å²) in [5.74, 6) is 0.225. The molecule has 1 heterocycles. The van der Waals surface area contributed by atoms with Crippen molar-refractivity contribution in [1.82, 2.24) is 4.90 Å². The molecule has 18 heavy (non-hydrogen) atoms. The molecule has 0 saturated heterocycles. The van der Waals surface area contributed by atoms with E-state index in [4.69, 9.17) is 5.73 Å². The molecule has 1 aliphatic carbocycles. The molecule has 4 heteroatoms. The summed E-state index contributed by atoms with van der Waals surface area (Å²) >= 11 is 1.70. The van der Waals surface area contributed by atoms with E-state index in [2.05, 4.69) is 11.4 Å². The smallest absolute Gasteiger partial charge is 0.230 e. The van der Waals surface area contributed by atoms with E-state index in [0.29, 0.717) is 0 Å². The van der Waals surface area contributed by atoms with Crippen molar-refractivity contribution in [3.8, 4) is 0 Å². The summed E-state index contributed by atoms with van der Waals surface area (Å²) in [4.78, 5) is 15.9. The summed E-state index contributed by atoms with van der Waals surface area (Å²) in [5.41, 5.74) is 5.78. The van der Waals surface area contributed by atoms with Gasteiger partial charge in [-0.3, -0.25) is 4.79 Å². The zero-order chi connectivity index (χ0) is 13.2. The van der Waals surface area contributed by atoms with Gasteiger partial charge in [0.1, 0.15) is 0 Å². The molecule has 2 rings (SSSR count). The first kappa shape index (κ1) is 13.6. The molecule has 0 aromatic carbocycles. The van der Waals surface area contributed by atoms with Gasteiger partial charge in [-0.25, -0.2) is 0 Å². The summed E-state index contributed by atoms with van der Waals surface area (Å²) in [6.07, 6.45) is 2.96. The molecular weight excluding hydrogens is 244 g/mol. The van der Waals surface area contributed by atoms with Crippen LogP contribution < -0.4 is 5.73 Å². The fourth-order valence-corrected chi connectivity index (χ4v) is 3.46. The molecule has 2 N–H and O–H groups in total. The third-order valence-corrected chi connectivity index (χ3v) is 4.98. The second-order valence-electron chi connectivity index (χ2n) is 5.31. The zero-order valence-corrected chi connectivity index (χ0v) is 12.0. The van der Waals surface area contributed by atoms with Crippen molar-refractivity contribution in [2.45, 2.75) is 45.7 Å². The molecule has 0 radical (unpaired) electrons. The monoisotopic (exact) mass is 266 g/mol. The van der Waals surface area contributed by atoms with Crippen LogP contribution in [-0.2, 0) is 11.3 Å². The molecule has 1 aromatic heterocycles. The van der Waals surface area contributed by atoms with Crippen LogP contribution in [0.15, 0.2) is 17.5 Å². The highest BCUT2D eigenvalue weighted by atomic mass is 32.1. The van der Waals surface area contributed by atoms with Gasteiger partial charge >= 0.3 is 0 Å². The molecule has 100 valence electrons. The minimum Gasteiger partial charge on any atom is -0.337 e. The highest BCUT2D eigenvalue weighted by molar-refractivity contribution is 7.09. The van der Waals surface area contributed by atoms with Gasteiger partial charge in [0.25, 0.3) is 0 Å². The van der Waals surface area contributed by atoms with Crippen LogP contribution in [0.25, 0.3) is 0 Å². The minimum atomic E-state index is -0.354. The number of rotatable bonds is 4. The van der Waals surface area contributed by atoms with Gasteiger partial charge in [0.2, 0.25) is 5.91 Å². The lowest BCUT2D eigenvalue weighted by atomic mass is 9.83. The van der Waals surface area contributed by atoms with Gasteiger partial charge in [0, 0.05) is 17.5 Å². The number of nitrogens with zero attached hydrogens (tertiary/aromatic N) is 1. The van der Waals surface area contributed by atoms with Gasteiger partial charge in [-0.2, -0.15) is 0 Å². The number of thiophene rings is 1. The molecule has 2 unspecified atom stereocenters. The predicted molar refractivity (Wildman–Crippen MR) is 75.3 cm³/mol. The number of nitrogens with two attached hydrogens (primary N) is 1. The van der Waals surface area contributed by atoms with Crippen molar-refractivity contribution >= 4 is 17.2 Å². The number of amides is 1. The summed E-state index contributed by atoms with van der Waals surface area (Å²) in [5, 5.41) is 2.05. The fourth-order valence-electron chi connectivity index (χ4n) is 2.74. The fraction of sp³-hybridized carbons (Fsp3) is 0.643. The Morgan fingerprint density at radius 1 is 1.67 bits per heavy atom. The maximum Gasteiger partial charge on any atom is 0.230 e. The van der Waals surface area contributed by atoms with Crippen molar-refractivity contribution in [3.05, 3.63) is 22.4 Å². The van der Waals surface area contributed by atoms with E-state index in [-0.39, 0.29) is 17.4 Å². The van der Waals surface area contributed by atoms with Crippen LogP contribution in [0.4, 0.5) is 0 Å². The van der Waals surface area contributed by atoms with Crippen LogP contribution in [-0.4, -0.2) is 23.4 Å². The Balaban J connectivity index is 2.10. The van der Waals surface area contributed by atoms with Crippen LogP contribution in [0.2, 0.25) is 0 Å². The van der Waals surface area contributed by atoms with Crippen LogP contribution in [0.3, 0.4) is 0 Å². The lowest BCUT2D eigenvalue weighted by molar-refractivity contribution is -0.142. The largest absolute Gasteiger partial charge is 0.337 e. The highest BCUT2D eigenvalue weighted by Gasteiger charge is 2.44. The van der Waals surface area contributed by atoms with Crippen molar-refractivity contribution in [1.29, 1.82) is 0 Å². The van der Waals surface area contributed by atoms with Crippen molar-refractivity contribution < 1.29 is 4.79 Å². The third-order valence-electron chi connectivity index (χ3n) is 4.11. The molecule has 1 saturated carbocycles. The predicted octanol–water partition coefficient (Wildman–Crippen LogP) is 2.61. The van der Waals surface area contributed by atoms with E-state index in [0.717, 1.165) is 32.4 Å². The van der Waals surface area contributed by atoms with Crippen molar-refractivity contribution in [2.75, 3.05) is 6.54 Å². The van der Waals surface area contributed by atoms with Crippen molar-refractivity contribution in [2.24, 2.45) is 11.1 Å². The van der Waals surface area contributed by atoms with Gasteiger partial charge in [-0.15, -0.1) is 11.3 Å². The molecule has 0 bridgehead atoms. The summed E-state index contributed by atoms with van der Waals surface area (Å²) in [6.45, 7) is 5.54. The van der Waals surface area contributed by atoms with E-state index < -0.39 is 0 Å². The van der Waals surface area contributed by atoms with Gasteiger partial charge in [-0.05, 0) is 38.1 Å². The van der Waals surface area contributed by atoms with Crippen LogP contribution in [0, 0.1) is 5.41 Å². The quantitative estimate of drug-likeness (QED) is 0.910. The molecule has 2 atom stereocenters. The normalized spacial score (nSPS) is 27.4. The van der Waals surface area contributed by atoms with Crippen LogP contribution >= 0.6 is 11.3 Å². The Morgan fingerprint density at radius 3 is 2.94 bits per heavy atom. The SMILES string of the molecule is CCN(Cc1cccs1)C(=O)C1(C)CCCC1N. The first-order valence-electron chi connectivity index (χ1n) is 6.65. The molecular formula is C14H22N2OS. The number of hydrogen-bond donors (Lipinski definition) is 1. The Bertz CT molecular complexity index is 404. The van der Waals surface area contributed by atoms with Gasteiger partial charge < -0.3 is 10.6 Å². The van der Waals surface area contributed by atoms with E-state index in [1.54, 1.807) is 11.3 Å². The van der Waals surface area contributed by atoms with Gasteiger partial charge in [-0.1, -0.05) is 12.5 Å². The molecule has 3 nitrogen and oxygen atoms in total. The van der Waals surface area contributed by atoms with E-state index in [9.17, 15) is 4.79 Å². The van der Waals surface area contributed by atoms with Crippen LogP contribution in [0.5, 0.6) is 0 Å². The Labute approximate surface area is 113 Å². The maximum atomic E-state index is 12.7. The van der Waals surface area contributed by atoms with Gasteiger partial charge in [0.15, 0.2) is 0 Å². The molecule has 1 amide bonds. The third kappa shape index (κ3) is 2.45. The topological polar surface area (TPSA) is 46.3 Å². The summed E-state index contributed by atoms with van der Waals surface area (Å²) < 4.78 is 0. The average Bonchev–Trinajstić information content (AvgIpc) is 2.97. The standard InChI is InChI=1S/C14H22N2OS/c1-3-16(10-11-6-5-9-18-11)13(17)14(2)8-4-7-12(14)15/h5-6,9,12H,3-4,7-8,10,15H2,1-2H3. The average molecular weight is 266 g/mol. The summed E-state index contributed by atoms with van der Waals surface area (Å²) in [6, 6.07) is 4.13. The Kier molecular flexibility index (Phi) is 4.07. The Hall–Kier alpha value is -0.870. The van der Waals surface area contributed by atoms with Crippen LogP contribution in [0.1, 0.15) is 38.0 Å².